The second kappa shape index (κ2) is 7.21. The van der Waals surface area contributed by atoms with Gasteiger partial charge in [-0.2, -0.15) is 5.10 Å². The van der Waals surface area contributed by atoms with Crippen molar-refractivity contribution < 1.29 is 9.53 Å². The predicted molar refractivity (Wildman–Crippen MR) is 97.6 cm³/mol. The van der Waals surface area contributed by atoms with Gasteiger partial charge in [-0.3, -0.25) is 9.89 Å². The van der Waals surface area contributed by atoms with Crippen LogP contribution in [0, 0.1) is 6.92 Å². The van der Waals surface area contributed by atoms with Crippen LogP contribution in [0.4, 0.5) is 0 Å². The summed E-state index contributed by atoms with van der Waals surface area (Å²) >= 11 is 0. The number of hydrogen-bond donors (Lipinski definition) is 1. The summed E-state index contributed by atoms with van der Waals surface area (Å²) in [7, 11) is 3.42. The number of hydrogen-bond acceptors (Lipinski definition) is 3. The molecule has 5 heteroatoms. The van der Waals surface area contributed by atoms with Crippen molar-refractivity contribution in [2.24, 2.45) is 0 Å². The lowest BCUT2D eigenvalue weighted by molar-refractivity contribution is 0.0786. The molecule has 3 rings (SSSR count). The van der Waals surface area contributed by atoms with Crippen molar-refractivity contribution in [3.8, 4) is 17.0 Å². The fraction of sp³-hybridized carbons (Fsp3) is 0.200. The number of amides is 1. The lowest BCUT2D eigenvalue weighted by atomic mass is 10.1. The van der Waals surface area contributed by atoms with Gasteiger partial charge in [0.05, 0.1) is 24.6 Å². The molecule has 0 unspecified atom stereocenters. The van der Waals surface area contributed by atoms with Crippen molar-refractivity contribution in [2.45, 2.75) is 13.5 Å². The second-order valence-electron chi connectivity index (χ2n) is 6.03. The van der Waals surface area contributed by atoms with Crippen molar-refractivity contribution in [3.63, 3.8) is 0 Å². The Morgan fingerprint density at radius 2 is 1.80 bits per heavy atom. The fourth-order valence-electron chi connectivity index (χ4n) is 2.67. The van der Waals surface area contributed by atoms with E-state index < -0.39 is 0 Å². The summed E-state index contributed by atoms with van der Waals surface area (Å²) in [5, 5.41) is 6.99. The Kier molecular flexibility index (Phi) is 4.84. The molecule has 1 amide bonds. The molecule has 0 saturated carbocycles. The van der Waals surface area contributed by atoms with E-state index in [-0.39, 0.29) is 5.91 Å². The van der Waals surface area contributed by atoms with Crippen molar-refractivity contribution in [2.75, 3.05) is 14.2 Å². The highest BCUT2D eigenvalue weighted by Crippen LogP contribution is 2.24. The molecule has 5 nitrogen and oxygen atoms in total. The Hall–Kier alpha value is -3.08. The Labute approximate surface area is 147 Å². The molecule has 0 bridgehead atoms. The number of carbonyl (C=O) groups excluding carboxylic acids is 1. The molecule has 1 heterocycles. The molecule has 0 aliphatic carbocycles. The number of nitrogens with one attached hydrogen (secondary N) is 1. The number of benzene rings is 2. The van der Waals surface area contributed by atoms with Crippen LogP contribution in [0.25, 0.3) is 11.3 Å². The van der Waals surface area contributed by atoms with E-state index in [9.17, 15) is 4.79 Å². The van der Waals surface area contributed by atoms with Crippen LogP contribution in [0.5, 0.6) is 5.75 Å². The van der Waals surface area contributed by atoms with Gasteiger partial charge in [-0.25, -0.2) is 0 Å². The first-order valence-electron chi connectivity index (χ1n) is 8.07. The van der Waals surface area contributed by atoms with Gasteiger partial charge in [-0.05, 0) is 36.8 Å². The third-order valence-electron chi connectivity index (χ3n) is 4.14. The van der Waals surface area contributed by atoms with E-state index in [4.69, 9.17) is 4.74 Å². The van der Waals surface area contributed by atoms with Crippen molar-refractivity contribution in [3.05, 3.63) is 71.4 Å². The van der Waals surface area contributed by atoms with Crippen LogP contribution in [0.2, 0.25) is 0 Å². The summed E-state index contributed by atoms with van der Waals surface area (Å²) < 4.78 is 5.18. The standard InChI is InChI=1S/C20H21N3O2/c1-14-4-6-15(7-5-14)13-23(2)20(24)18-12-21-22-19(18)16-8-10-17(25-3)11-9-16/h4-12H,13H2,1-3H3,(H,21,22). The van der Waals surface area contributed by atoms with Gasteiger partial charge in [-0.1, -0.05) is 29.8 Å². The number of aryl methyl sites for hydroxylation is 1. The highest BCUT2D eigenvalue weighted by Gasteiger charge is 2.19. The smallest absolute Gasteiger partial charge is 0.257 e. The quantitative estimate of drug-likeness (QED) is 0.774. The minimum absolute atomic E-state index is 0.0693. The largest absolute Gasteiger partial charge is 0.497 e. The number of methoxy groups -OCH3 is 1. The van der Waals surface area contributed by atoms with Gasteiger partial charge in [-0.15, -0.1) is 0 Å². The zero-order chi connectivity index (χ0) is 17.8. The average molecular weight is 335 g/mol. The van der Waals surface area contributed by atoms with E-state index in [2.05, 4.69) is 10.2 Å². The van der Waals surface area contributed by atoms with Gasteiger partial charge >= 0.3 is 0 Å². The predicted octanol–water partition coefficient (Wildman–Crippen LogP) is 3.67. The zero-order valence-electron chi connectivity index (χ0n) is 14.6. The molecule has 25 heavy (non-hydrogen) atoms. The number of rotatable bonds is 5. The van der Waals surface area contributed by atoms with Gasteiger partial charge in [0.2, 0.25) is 0 Å². The molecule has 0 atom stereocenters. The van der Waals surface area contributed by atoms with E-state index in [0.717, 1.165) is 16.9 Å². The molecule has 1 N–H and O–H groups in total. The summed E-state index contributed by atoms with van der Waals surface area (Å²) in [6.07, 6.45) is 1.58. The highest BCUT2D eigenvalue weighted by atomic mass is 16.5. The van der Waals surface area contributed by atoms with Crippen LogP contribution < -0.4 is 4.74 Å². The van der Waals surface area contributed by atoms with Gasteiger partial charge in [0.15, 0.2) is 0 Å². The summed E-state index contributed by atoms with van der Waals surface area (Å²) in [6, 6.07) is 15.7. The molecule has 3 aromatic rings. The van der Waals surface area contributed by atoms with Crippen LogP contribution in [-0.4, -0.2) is 35.2 Å². The van der Waals surface area contributed by atoms with Crippen LogP contribution in [-0.2, 0) is 6.54 Å². The second-order valence-corrected chi connectivity index (χ2v) is 6.03. The maximum absolute atomic E-state index is 12.8. The van der Waals surface area contributed by atoms with E-state index in [1.807, 2.05) is 55.5 Å². The Balaban J connectivity index is 1.80. The number of ether oxygens (including phenoxy) is 1. The molecule has 0 radical (unpaired) electrons. The third-order valence-corrected chi connectivity index (χ3v) is 4.14. The van der Waals surface area contributed by atoms with Crippen molar-refractivity contribution in [1.82, 2.24) is 15.1 Å². The number of H-pyrrole nitrogens is 1. The normalized spacial score (nSPS) is 10.5. The molecular weight excluding hydrogens is 314 g/mol. The first-order chi connectivity index (χ1) is 12.1. The lowest BCUT2D eigenvalue weighted by Gasteiger charge is -2.17. The molecule has 0 aliphatic rings. The Bertz CT molecular complexity index is 851. The SMILES string of the molecule is COc1ccc(-c2[nH]ncc2C(=O)N(C)Cc2ccc(C)cc2)cc1. The molecular formula is C20H21N3O2. The first kappa shape index (κ1) is 16.8. The summed E-state index contributed by atoms with van der Waals surface area (Å²) in [6.45, 7) is 2.59. The third kappa shape index (κ3) is 3.71. The first-order valence-corrected chi connectivity index (χ1v) is 8.07. The van der Waals surface area contributed by atoms with E-state index in [0.29, 0.717) is 17.8 Å². The maximum atomic E-state index is 12.8. The highest BCUT2D eigenvalue weighted by molar-refractivity contribution is 5.99. The fourth-order valence-corrected chi connectivity index (χ4v) is 2.67. The molecule has 128 valence electrons. The molecule has 2 aromatic carbocycles. The number of aromatic amines is 1. The lowest BCUT2D eigenvalue weighted by Crippen LogP contribution is -2.26. The minimum atomic E-state index is -0.0693. The molecule has 1 aromatic heterocycles. The van der Waals surface area contributed by atoms with Crippen LogP contribution in [0.3, 0.4) is 0 Å². The summed E-state index contributed by atoms with van der Waals surface area (Å²) in [4.78, 5) is 14.5. The minimum Gasteiger partial charge on any atom is -0.497 e. The average Bonchev–Trinajstić information content (AvgIpc) is 3.12. The zero-order valence-corrected chi connectivity index (χ0v) is 14.6. The topological polar surface area (TPSA) is 58.2 Å². The van der Waals surface area contributed by atoms with Gasteiger partial charge < -0.3 is 9.64 Å². The van der Waals surface area contributed by atoms with Gasteiger partial charge in [0.1, 0.15) is 5.75 Å². The molecule has 0 saturated heterocycles. The van der Waals surface area contributed by atoms with E-state index in [1.54, 1.807) is 25.3 Å². The monoisotopic (exact) mass is 335 g/mol. The summed E-state index contributed by atoms with van der Waals surface area (Å²) in [5.74, 6) is 0.702. The van der Waals surface area contributed by atoms with Gasteiger partial charge in [0, 0.05) is 19.2 Å². The van der Waals surface area contributed by atoms with E-state index in [1.165, 1.54) is 5.56 Å². The maximum Gasteiger partial charge on any atom is 0.257 e. The molecule has 0 fully saturated rings. The number of nitrogens with zero attached hydrogens (tertiary/aromatic N) is 2. The van der Waals surface area contributed by atoms with Crippen LogP contribution in [0.1, 0.15) is 21.5 Å². The van der Waals surface area contributed by atoms with Gasteiger partial charge in [0.25, 0.3) is 5.91 Å². The van der Waals surface area contributed by atoms with Crippen LogP contribution in [0.15, 0.2) is 54.7 Å². The Morgan fingerprint density at radius 1 is 1.12 bits per heavy atom. The number of aromatic nitrogens is 2. The summed E-state index contributed by atoms with van der Waals surface area (Å²) in [5.41, 5.74) is 4.46. The van der Waals surface area contributed by atoms with E-state index >= 15 is 0 Å². The number of carbonyl (C=O) groups is 1. The molecule has 0 aliphatic heterocycles. The van der Waals surface area contributed by atoms with Crippen molar-refractivity contribution in [1.29, 1.82) is 0 Å². The van der Waals surface area contributed by atoms with Crippen molar-refractivity contribution >= 4 is 5.91 Å². The molecule has 0 spiro atoms. The van der Waals surface area contributed by atoms with Crippen LogP contribution >= 0.6 is 0 Å². The Morgan fingerprint density at radius 3 is 2.44 bits per heavy atom.